The molecule has 0 aliphatic carbocycles. The van der Waals surface area contributed by atoms with Gasteiger partial charge in [0.2, 0.25) is 0 Å². The van der Waals surface area contributed by atoms with E-state index in [0.717, 1.165) is 18.7 Å². The Morgan fingerprint density at radius 2 is 2.26 bits per heavy atom. The molecule has 1 unspecified atom stereocenters. The third-order valence-corrected chi connectivity index (χ3v) is 4.16. The summed E-state index contributed by atoms with van der Waals surface area (Å²) < 4.78 is 0. The van der Waals surface area contributed by atoms with Crippen LogP contribution in [0.25, 0.3) is 0 Å². The van der Waals surface area contributed by atoms with E-state index in [4.69, 9.17) is 11.6 Å². The Bertz CT molecular complexity index is 396. The average Bonchev–Trinajstić information content (AvgIpc) is 2.85. The van der Waals surface area contributed by atoms with Gasteiger partial charge in [-0.3, -0.25) is 4.90 Å². The molecule has 2 N–H and O–H groups in total. The zero-order chi connectivity index (χ0) is 13.8. The molecule has 1 saturated heterocycles. The Labute approximate surface area is 120 Å². The average molecular weight is 283 g/mol. The van der Waals surface area contributed by atoms with E-state index in [9.17, 15) is 5.11 Å². The van der Waals surface area contributed by atoms with Crippen molar-refractivity contribution in [1.29, 1.82) is 0 Å². The van der Waals surface area contributed by atoms with E-state index in [-0.39, 0.29) is 5.75 Å². The van der Waals surface area contributed by atoms with Gasteiger partial charge in [0.1, 0.15) is 5.75 Å². The molecule has 1 aromatic carbocycles. The van der Waals surface area contributed by atoms with E-state index in [0.29, 0.717) is 23.7 Å². The highest BCUT2D eigenvalue weighted by Crippen LogP contribution is 2.27. The first-order valence-electron chi connectivity index (χ1n) is 7.01. The van der Waals surface area contributed by atoms with Gasteiger partial charge in [0.15, 0.2) is 0 Å². The molecule has 19 heavy (non-hydrogen) atoms. The summed E-state index contributed by atoms with van der Waals surface area (Å²) in [7, 11) is 0. The summed E-state index contributed by atoms with van der Waals surface area (Å²) in [6.45, 7) is 7.18. The number of nitrogens with one attached hydrogen (secondary N) is 1. The molecule has 0 radical (unpaired) electrons. The van der Waals surface area contributed by atoms with Crippen molar-refractivity contribution in [3.63, 3.8) is 0 Å². The minimum absolute atomic E-state index is 0.289. The van der Waals surface area contributed by atoms with Gasteiger partial charge in [0, 0.05) is 35.8 Å². The molecule has 106 valence electrons. The van der Waals surface area contributed by atoms with Gasteiger partial charge in [-0.25, -0.2) is 0 Å². The van der Waals surface area contributed by atoms with Crippen LogP contribution in [0, 0.1) is 0 Å². The number of phenols is 1. The van der Waals surface area contributed by atoms with Gasteiger partial charge in [-0.15, -0.1) is 0 Å². The summed E-state index contributed by atoms with van der Waals surface area (Å²) in [5.74, 6) is 0.289. The van der Waals surface area contributed by atoms with Crippen LogP contribution in [0.4, 0.5) is 0 Å². The van der Waals surface area contributed by atoms with E-state index < -0.39 is 0 Å². The van der Waals surface area contributed by atoms with Crippen molar-refractivity contribution in [1.82, 2.24) is 10.2 Å². The molecule has 0 bridgehead atoms. The number of phenolic OH excluding ortho intramolecular Hbond substituents is 1. The maximum Gasteiger partial charge on any atom is 0.121 e. The molecule has 1 heterocycles. The summed E-state index contributed by atoms with van der Waals surface area (Å²) in [6.07, 6.45) is 2.49. The monoisotopic (exact) mass is 282 g/mol. The van der Waals surface area contributed by atoms with Crippen LogP contribution in [0.3, 0.4) is 0 Å². The summed E-state index contributed by atoms with van der Waals surface area (Å²) in [6, 6.07) is 6.31. The lowest BCUT2D eigenvalue weighted by Gasteiger charge is -2.29. The Kier molecular flexibility index (Phi) is 5.08. The fourth-order valence-electron chi connectivity index (χ4n) is 2.56. The van der Waals surface area contributed by atoms with Gasteiger partial charge in [-0.1, -0.05) is 17.7 Å². The lowest BCUT2D eigenvalue weighted by Crippen LogP contribution is -2.40. The van der Waals surface area contributed by atoms with Crippen molar-refractivity contribution < 1.29 is 5.11 Å². The molecule has 1 atom stereocenters. The van der Waals surface area contributed by atoms with Crippen molar-refractivity contribution >= 4 is 11.6 Å². The summed E-state index contributed by atoms with van der Waals surface area (Å²) in [4.78, 5) is 2.37. The zero-order valence-electron chi connectivity index (χ0n) is 11.7. The van der Waals surface area contributed by atoms with Crippen molar-refractivity contribution in [2.75, 3.05) is 13.1 Å². The molecule has 1 fully saturated rings. The Morgan fingerprint density at radius 3 is 2.84 bits per heavy atom. The minimum atomic E-state index is 0.289. The van der Waals surface area contributed by atoms with Gasteiger partial charge < -0.3 is 10.4 Å². The van der Waals surface area contributed by atoms with E-state index in [1.807, 2.05) is 6.07 Å². The predicted molar refractivity (Wildman–Crippen MR) is 79.7 cm³/mol. The molecule has 0 spiro atoms. The molecule has 1 aromatic rings. The van der Waals surface area contributed by atoms with Gasteiger partial charge in [-0.2, -0.15) is 0 Å². The summed E-state index contributed by atoms with van der Waals surface area (Å²) in [5.41, 5.74) is 0.830. The number of halogens is 1. The topological polar surface area (TPSA) is 35.5 Å². The van der Waals surface area contributed by atoms with Crippen LogP contribution in [0.5, 0.6) is 5.75 Å². The van der Waals surface area contributed by atoms with Crippen LogP contribution >= 0.6 is 11.6 Å². The number of rotatable bonds is 5. The Balaban J connectivity index is 2.07. The first-order valence-corrected chi connectivity index (χ1v) is 7.39. The molecule has 0 amide bonds. The molecule has 1 aliphatic heterocycles. The van der Waals surface area contributed by atoms with Crippen molar-refractivity contribution in [3.8, 4) is 5.75 Å². The molecular weight excluding hydrogens is 260 g/mol. The van der Waals surface area contributed by atoms with E-state index in [1.54, 1.807) is 12.1 Å². The molecule has 1 aliphatic rings. The number of nitrogens with zero attached hydrogens (tertiary/aromatic N) is 1. The lowest BCUT2D eigenvalue weighted by atomic mass is 10.1. The largest absolute Gasteiger partial charge is 0.508 e. The Morgan fingerprint density at radius 1 is 1.47 bits per heavy atom. The second-order valence-electron chi connectivity index (χ2n) is 5.55. The quantitative estimate of drug-likeness (QED) is 0.871. The minimum Gasteiger partial charge on any atom is -0.508 e. The second-order valence-corrected chi connectivity index (χ2v) is 5.96. The van der Waals surface area contributed by atoms with E-state index in [1.165, 1.54) is 12.8 Å². The van der Waals surface area contributed by atoms with Gasteiger partial charge in [0.25, 0.3) is 0 Å². The number of benzene rings is 1. The smallest absolute Gasteiger partial charge is 0.121 e. The maximum absolute atomic E-state index is 9.96. The second kappa shape index (κ2) is 6.60. The molecule has 0 aromatic heterocycles. The highest BCUT2D eigenvalue weighted by Gasteiger charge is 2.21. The van der Waals surface area contributed by atoms with Crippen LogP contribution in [0.2, 0.25) is 5.02 Å². The normalized spacial score (nSPS) is 19.5. The molecule has 4 heteroatoms. The van der Waals surface area contributed by atoms with E-state index in [2.05, 4.69) is 24.1 Å². The summed E-state index contributed by atoms with van der Waals surface area (Å²) >= 11 is 6.19. The number of hydrogen-bond donors (Lipinski definition) is 2. The van der Waals surface area contributed by atoms with Crippen molar-refractivity contribution in [2.24, 2.45) is 0 Å². The number of aromatic hydroxyl groups is 1. The van der Waals surface area contributed by atoms with Gasteiger partial charge in [0.05, 0.1) is 0 Å². The van der Waals surface area contributed by atoms with Crippen molar-refractivity contribution in [3.05, 3.63) is 28.8 Å². The van der Waals surface area contributed by atoms with Crippen LogP contribution in [-0.2, 0) is 6.54 Å². The molecule has 0 saturated carbocycles. The van der Waals surface area contributed by atoms with Gasteiger partial charge >= 0.3 is 0 Å². The first-order chi connectivity index (χ1) is 9.08. The molecule has 3 nitrogen and oxygen atoms in total. The summed E-state index contributed by atoms with van der Waals surface area (Å²) in [5, 5.41) is 14.1. The SMILES string of the molecule is CC(C)N(Cc1c(O)cccc1Cl)CC1CCCN1. The van der Waals surface area contributed by atoms with Crippen LogP contribution in [0.15, 0.2) is 18.2 Å². The first kappa shape index (κ1) is 14.6. The zero-order valence-corrected chi connectivity index (χ0v) is 12.5. The fraction of sp³-hybridized carbons (Fsp3) is 0.600. The van der Waals surface area contributed by atoms with Gasteiger partial charge in [-0.05, 0) is 45.4 Å². The van der Waals surface area contributed by atoms with Crippen molar-refractivity contribution in [2.45, 2.75) is 45.3 Å². The number of hydrogen-bond acceptors (Lipinski definition) is 3. The lowest BCUT2D eigenvalue weighted by molar-refractivity contribution is 0.192. The van der Waals surface area contributed by atoms with Crippen LogP contribution in [-0.4, -0.2) is 35.2 Å². The standard InChI is InChI=1S/C15H23ClN2O/c1-11(2)18(9-12-5-4-8-17-12)10-13-14(16)6-3-7-15(13)19/h3,6-7,11-12,17,19H,4-5,8-10H2,1-2H3. The molecule has 2 rings (SSSR count). The third kappa shape index (κ3) is 3.85. The van der Waals surface area contributed by atoms with E-state index >= 15 is 0 Å². The molecular formula is C15H23ClN2O. The fourth-order valence-corrected chi connectivity index (χ4v) is 2.79. The highest BCUT2D eigenvalue weighted by molar-refractivity contribution is 6.31. The third-order valence-electron chi connectivity index (χ3n) is 3.80. The van der Waals surface area contributed by atoms with Crippen LogP contribution < -0.4 is 5.32 Å². The Hall–Kier alpha value is -0.770. The maximum atomic E-state index is 9.96. The predicted octanol–water partition coefficient (Wildman–Crippen LogP) is 3.01. The highest BCUT2D eigenvalue weighted by atomic mass is 35.5. The van der Waals surface area contributed by atoms with Crippen LogP contribution in [0.1, 0.15) is 32.3 Å².